The van der Waals surface area contributed by atoms with Gasteiger partial charge < -0.3 is 0 Å². The number of benzene rings is 4. The van der Waals surface area contributed by atoms with Crippen LogP contribution < -0.4 is 0 Å². The molecule has 0 spiro atoms. The summed E-state index contributed by atoms with van der Waals surface area (Å²) in [5.74, 6) is 0. The monoisotopic (exact) mass is 1030 g/mol. The van der Waals surface area contributed by atoms with Crippen molar-refractivity contribution in [3.8, 4) is 0 Å². The molecule has 0 N–H and O–H groups in total. The molecule has 0 aliphatic heterocycles. The molecule has 0 saturated heterocycles. The third-order valence-corrected chi connectivity index (χ3v) is 26.8. The van der Waals surface area contributed by atoms with Crippen molar-refractivity contribution in [2.75, 3.05) is 0 Å². The molecule has 0 aromatic heterocycles. The maximum atomic E-state index is 2.56. The van der Waals surface area contributed by atoms with Crippen LogP contribution >= 0.6 is 0 Å². The fraction of sp³-hybridized carbons (Fsp3) is 0.515. The molecule has 0 radical (unpaired) electrons. The van der Waals surface area contributed by atoms with E-state index in [-0.39, 0.29) is 43.3 Å². The van der Waals surface area contributed by atoms with Crippen molar-refractivity contribution in [1.82, 2.24) is 0 Å². The molecule has 4 aromatic rings. The number of allylic oxidation sites excluding steroid dienone is 8. The fourth-order valence-corrected chi connectivity index (χ4v) is 23.9. The van der Waals surface area contributed by atoms with E-state index in [1.807, 2.05) is 0 Å². The third kappa shape index (κ3) is 12.3. The third-order valence-electron chi connectivity index (χ3n) is 14.5. The van der Waals surface area contributed by atoms with Gasteiger partial charge in [-0.25, -0.2) is 0 Å². The summed E-state index contributed by atoms with van der Waals surface area (Å²) in [4.78, 5) is 0. The topological polar surface area (TPSA) is 0 Å². The zero-order valence-corrected chi connectivity index (χ0v) is 51.6. The van der Waals surface area contributed by atoms with E-state index in [1.54, 1.807) is 22.3 Å². The van der Waals surface area contributed by atoms with Gasteiger partial charge in [0, 0.05) is 0 Å². The fourth-order valence-electron chi connectivity index (χ4n) is 9.25. The molecule has 0 nitrogen and oxygen atoms in total. The summed E-state index contributed by atoms with van der Waals surface area (Å²) < 4.78 is 0.808. The average Bonchev–Trinajstić information content (AvgIpc) is 3.81. The van der Waals surface area contributed by atoms with E-state index in [4.69, 9.17) is 0 Å². The first-order valence-electron chi connectivity index (χ1n) is 25.7. The number of hydrogen-bond donors (Lipinski definition) is 0. The van der Waals surface area contributed by atoms with Gasteiger partial charge in [-0.1, -0.05) is 0 Å². The van der Waals surface area contributed by atoms with Gasteiger partial charge in [-0.3, -0.25) is 0 Å². The van der Waals surface area contributed by atoms with E-state index in [0.717, 1.165) is 0 Å². The molecule has 0 saturated carbocycles. The molecular weight excluding hydrogens is 938 g/mol. The number of hydrogen-bond acceptors (Lipinski definition) is 0. The van der Waals surface area contributed by atoms with E-state index < -0.39 is 25.3 Å². The molecule has 68 heavy (non-hydrogen) atoms. The molecular formula is C66H90Ge2. The molecule has 2 aliphatic rings. The van der Waals surface area contributed by atoms with Crippen LogP contribution in [0, 0.1) is 0 Å². The van der Waals surface area contributed by atoms with Crippen molar-refractivity contribution in [2.45, 2.75) is 219 Å². The van der Waals surface area contributed by atoms with Crippen LogP contribution in [0.1, 0.15) is 233 Å². The van der Waals surface area contributed by atoms with Crippen molar-refractivity contribution >= 4 is 47.6 Å². The zero-order valence-electron chi connectivity index (χ0n) is 47.4. The molecule has 0 heterocycles. The van der Waals surface area contributed by atoms with Gasteiger partial charge in [0.05, 0.1) is 0 Å². The summed E-state index contributed by atoms with van der Waals surface area (Å²) in [7, 11) is 0. The van der Waals surface area contributed by atoms with Crippen LogP contribution in [0.15, 0.2) is 97.1 Å². The van der Waals surface area contributed by atoms with Crippen LogP contribution in [0.3, 0.4) is 0 Å². The Hall–Kier alpha value is -3.07. The molecule has 2 heteroatoms. The van der Waals surface area contributed by atoms with Crippen molar-refractivity contribution in [3.05, 3.63) is 164 Å². The zero-order chi connectivity index (χ0) is 51.1. The standard InChI is InChI=1S/C66H90Ge2/c1-59(2,3)45-29-41(30-46(37-45)60(4,5)6)53-25-26-54(42-31-47(61(7,8)9)38-48(32-42)62(10,11)12)57(53)67-68-58-55(43-33-49(63(13,14)15)39-50(34-43)64(16,17)18)27-28-56(58)44-35-51(65(19,20)21)40-52(36-44)66(22,23)24/h25-40,57-58H,1-24H3. The van der Waals surface area contributed by atoms with Crippen LogP contribution in [-0.4, -0.2) is 25.3 Å². The maximum absolute atomic E-state index is 2.56. The van der Waals surface area contributed by atoms with Gasteiger partial charge in [0.1, 0.15) is 0 Å². The van der Waals surface area contributed by atoms with Crippen LogP contribution in [0.25, 0.3) is 22.3 Å². The Bertz CT molecular complexity index is 2270. The molecule has 2 aliphatic carbocycles. The van der Waals surface area contributed by atoms with Crippen molar-refractivity contribution in [2.24, 2.45) is 0 Å². The Labute approximate surface area is 427 Å². The second kappa shape index (κ2) is 18.5. The molecule has 362 valence electrons. The van der Waals surface area contributed by atoms with Crippen molar-refractivity contribution < 1.29 is 0 Å². The van der Waals surface area contributed by atoms with Crippen LogP contribution in [-0.2, 0) is 43.3 Å². The molecule has 6 rings (SSSR count). The van der Waals surface area contributed by atoms with Gasteiger partial charge in [-0.05, 0) is 0 Å². The Morgan fingerprint density at radius 3 is 0.471 bits per heavy atom. The summed E-state index contributed by atoms with van der Waals surface area (Å²) in [5, 5.41) is 0. The second-order valence-corrected chi connectivity index (χ2v) is 38.8. The van der Waals surface area contributed by atoms with Crippen LogP contribution in [0.5, 0.6) is 0 Å². The second-order valence-electron chi connectivity index (χ2n) is 28.8. The molecule has 0 amide bonds. The minimum absolute atomic E-state index is 0.0397. The summed E-state index contributed by atoms with van der Waals surface area (Å²) in [6.45, 7) is 57.2. The van der Waals surface area contributed by atoms with Gasteiger partial charge in [-0.2, -0.15) is 0 Å². The Balaban J connectivity index is 1.67. The molecule has 0 atom stereocenters. The predicted molar refractivity (Wildman–Crippen MR) is 306 cm³/mol. The first-order chi connectivity index (χ1) is 30.7. The number of rotatable bonds is 4. The summed E-state index contributed by atoms with van der Waals surface area (Å²) in [5.41, 5.74) is 23.7. The molecule has 0 bridgehead atoms. The van der Waals surface area contributed by atoms with E-state index in [1.165, 1.54) is 66.8 Å². The van der Waals surface area contributed by atoms with Gasteiger partial charge in [0.2, 0.25) is 0 Å². The predicted octanol–water partition coefficient (Wildman–Crippen LogP) is 18.6. The first-order valence-corrected chi connectivity index (χ1v) is 34.7. The van der Waals surface area contributed by atoms with Crippen molar-refractivity contribution in [3.63, 3.8) is 0 Å². The quantitative estimate of drug-likeness (QED) is 0.179. The Morgan fingerprint density at radius 2 is 0.353 bits per heavy atom. The summed E-state index contributed by atoms with van der Waals surface area (Å²) in [6.07, 6.45) is 10.2. The molecule has 0 unspecified atom stereocenters. The normalized spacial score (nSPS) is 16.1. The first kappa shape index (κ1) is 54.3. The van der Waals surface area contributed by atoms with Crippen LogP contribution in [0.4, 0.5) is 0 Å². The van der Waals surface area contributed by atoms with E-state index >= 15 is 0 Å². The van der Waals surface area contributed by atoms with Gasteiger partial charge in [0.25, 0.3) is 0 Å². The minimum atomic E-state index is -0.537. The molecule has 0 fully saturated rings. The van der Waals surface area contributed by atoms with E-state index in [9.17, 15) is 0 Å². The van der Waals surface area contributed by atoms with Gasteiger partial charge >= 0.3 is 430 Å². The van der Waals surface area contributed by atoms with Crippen molar-refractivity contribution in [1.29, 1.82) is 0 Å². The van der Waals surface area contributed by atoms with Crippen LogP contribution in [0.2, 0.25) is 9.50 Å². The average molecular weight is 1030 g/mol. The van der Waals surface area contributed by atoms with E-state index in [0.29, 0.717) is 9.50 Å². The van der Waals surface area contributed by atoms with E-state index in [2.05, 4.69) is 263 Å². The summed E-state index contributed by atoms with van der Waals surface area (Å²) >= 11 is -1.07. The van der Waals surface area contributed by atoms with Gasteiger partial charge in [0.15, 0.2) is 0 Å². The summed E-state index contributed by atoms with van der Waals surface area (Å²) in [6, 6.07) is 30.5. The van der Waals surface area contributed by atoms with Gasteiger partial charge in [-0.15, -0.1) is 0 Å². The molecule has 4 aromatic carbocycles. The Morgan fingerprint density at radius 1 is 0.221 bits per heavy atom. The Kier molecular flexibility index (Phi) is 14.8. The SMILES string of the molecule is CC(C)(C)c1cc(C2=CC=C(c3cc(C(C)(C)C)cc(C(C)(C)C)c3)[CH]2[Ge]#[Ge][CH]2C(c3cc(C(C)(C)C)cc(C(C)(C)C)c3)=CC=C2c2cc(C(C)(C)C)cc(C(C)(C)C)c2)cc(C(C)(C)C)c1.